The van der Waals surface area contributed by atoms with Gasteiger partial charge in [0.2, 0.25) is 5.78 Å². The fourth-order valence-electron chi connectivity index (χ4n) is 7.80. The van der Waals surface area contributed by atoms with Crippen molar-refractivity contribution in [2.45, 2.75) is 71.8 Å². The van der Waals surface area contributed by atoms with Crippen LogP contribution >= 0.6 is 0 Å². The average Bonchev–Trinajstić information content (AvgIpc) is 3.43. The number of ether oxygens (including phenoxy) is 2. The number of carbonyl (C=O) groups excluding carboxylic acids is 4. The molecule has 5 aliphatic rings. The largest absolute Gasteiger partial charge is 0.504 e. The second-order valence-corrected chi connectivity index (χ2v) is 11.7. The lowest BCUT2D eigenvalue weighted by Crippen LogP contribution is -2.52. The van der Waals surface area contributed by atoms with Crippen molar-refractivity contribution < 1.29 is 33.8 Å². The fourth-order valence-corrected chi connectivity index (χ4v) is 7.80. The number of carbonyl (C=O) groups is 4. The molecule has 1 heterocycles. The first-order valence-corrected chi connectivity index (χ1v) is 13.5. The molecular weight excluding hydrogens is 474 g/mol. The molecule has 0 amide bonds. The minimum absolute atomic E-state index is 0.0486. The van der Waals surface area contributed by atoms with Crippen LogP contribution in [0.1, 0.15) is 65.7 Å². The number of hydrogen-bond donors (Lipinski definition) is 1. The standard InChI is InChI=1S/C29H37NO7/c1-16(31)37-21-13-28(2)19(8-10-22(28)33)23-25(21)29(3)17(15-36-4)7-9-20(32)18(14-30-11-5-6-12-30)24(29)27(35)26(23)34/h14,17,19,21,35H,5-13,15H2,1-4H3/b18-14-/t17-,19+,21-,28+,29+/m1/s1. The summed E-state index contributed by atoms with van der Waals surface area (Å²) >= 11 is 0. The van der Waals surface area contributed by atoms with Gasteiger partial charge in [-0.15, -0.1) is 0 Å². The van der Waals surface area contributed by atoms with Gasteiger partial charge in [-0.1, -0.05) is 13.8 Å². The molecule has 4 aliphatic carbocycles. The number of aliphatic hydroxyl groups excluding tert-OH is 1. The molecule has 0 aromatic rings. The molecule has 1 aliphatic heterocycles. The van der Waals surface area contributed by atoms with Gasteiger partial charge in [0.25, 0.3) is 0 Å². The lowest BCUT2D eigenvalue weighted by atomic mass is 9.52. The van der Waals surface area contributed by atoms with Gasteiger partial charge in [-0.05, 0) is 37.2 Å². The van der Waals surface area contributed by atoms with Gasteiger partial charge in [0.05, 0.1) is 6.61 Å². The van der Waals surface area contributed by atoms with Crippen LogP contribution in [0.3, 0.4) is 0 Å². The second kappa shape index (κ2) is 9.22. The Morgan fingerprint density at radius 2 is 1.84 bits per heavy atom. The Labute approximate surface area is 217 Å². The molecule has 1 N–H and O–H groups in total. The van der Waals surface area contributed by atoms with E-state index >= 15 is 0 Å². The first kappa shape index (κ1) is 25.9. The number of likely N-dealkylation sites (tertiary alicyclic amines) is 1. The van der Waals surface area contributed by atoms with Gasteiger partial charge in [-0.2, -0.15) is 0 Å². The van der Waals surface area contributed by atoms with E-state index in [0.29, 0.717) is 48.2 Å². The summed E-state index contributed by atoms with van der Waals surface area (Å²) in [6.45, 7) is 7.05. The number of nitrogens with zero attached hydrogens (tertiary/aromatic N) is 1. The molecule has 8 nitrogen and oxygen atoms in total. The van der Waals surface area contributed by atoms with Crippen molar-refractivity contribution in [1.29, 1.82) is 0 Å². The van der Waals surface area contributed by atoms with E-state index in [-0.39, 0.29) is 36.2 Å². The molecule has 0 unspecified atom stereocenters. The van der Waals surface area contributed by atoms with Crippen molar-refractivity contribution in [2.24, 2.45) is 22.7 Å². The first-order valence-electron chi connectivity index (χ1n) is 13.5. The van der Waals surface area contributed by atoms with E-state index in [9.17, 15) is 24.3 Å². The molecular formula is C29H37NO7. The van der Waals surface area contributed by atoms with Gasteiger partial charge in [0, 0.05) is 86.1 Å². The number of fused-ring (bicyclic) bond motifs is 4. The van der Waals surface area contributed by atoms with Crippen LogP contribution in [0.5, 0.6) is 0 Å². The molecule has 1 saturated heterocycles. The Bertz CT molecular complexity index is 1160. The number of hydrogen-bond acceptors (Lipinski definition) is 8. The zero-order valence-electron chi connectivity index (χ0n) is 22.2. The maximum absolute atomic E-state index is 14.0. The summed E-state index contributed by atoms with van der Waals surface area (Å²) in [6.07, 6.45) is 4.93. The topological polar surface area (TPSA) is 110 Å². The van der Waals surface area contributed by atoms with Crippen molar-refractivity contribution in [3.05, 3.63) is 34.3 Å². The van der Waals surface area contributed by atoms with Crippen LogP contribution in [-0.4, -0.2) is 66.2 Å². The van der Waals surface area contributed by atoms with E-state index in [1.807, 2.05) is 20.0 Å². The normalized spacial score (nSPS) is 37.1. The number of methoxy groups -OCH3 is 1. The molecule has 5 atom stereocenters. The Morgan fingerprint density at radius 3 is 2.49 bits per heavy atom. The highest BCUT2D eigenvalue weighted by Crippen LogP contribution is 2.63. The van der Waals surface area contributed by atoms with E-state index < -0.39 is 34.4 Å². The predicted octanol–water partition coefficient (Wildman–Crippen LogP) is 3.61. The Morgan fingerprint density at radius 1 is 1.14 bits per heavy atom. The minimum atomic E-state index is -0.992. The van der Waals surface area contributed by atoms with Crippen LogP contribution in [0, 0.1) is 22.7 Å². The Balaban J connectivity index is 1.79. The lowest BCUT2D eigenvalue weighted by Gasteiger charge is -2.51. The molecule has 2 saturated carbocycles. The van der Waals surface area contributed by atoms with Gasteiger partial charge in [0.15, 0.2) is 11.5 Å². The summed E-state index contributed by atoms with van der Waals surface area (Å²) in [6, 6.07) is 0. The summed E-state index contributed by atoms with van der Waals surface area (Å²) in [5.74, 6) is -2.16. The van der Waals surface area contributed by atoms with Gasteiger partial charge in [0.1, 0.15) is 11.9 Å². The van der Waals surface area contributed by atoms with Gasteiger partial charge in [-0.25, -0.2) is 0 Å². The van der Waals surface area contributed by atoms with Crippen LogP contribution in [0.4, 0.5) is 0 Å². The van der Waals surface area contributed by atoms with Crippen molar-refractivity contribution >= 4 is 23.3 Å². The van der Waals surface area contributed by atoms with Crippen LogP contribution in [0.2, 0.25) is 0 Å². The molecule has 200 valence electrons. The molecule has 8 heteroatoms. The van der Waals surface area contributed by atoms with Crippen molar-refractivity contribution in [1.82, 2.24) is 4.90 Å². The monoisotopic (exact) mass is 511 g/mol. The summed E-state index contributed by atoms with van der Waals surface area (Å²) in [5.41, 5.74) is -0.134. The summed E-state index contributed by atoms with van der Waals surface area (Å²) in [4.78, 5) is 55.1. The van der Waals surface area contributed by atoms with Crippen LogP contribution in [-0.2, 0) is 28.7 Å². The summed E-state index contributed by atoms with van der Waals surface area (Å²) in [5, 5.41) is 11.6. The van der Waals surface area contributed by atoms with E-state index in [1.165, 1.54) is 6.92 Å². The number of esters is 1. The van der Waals surface area contributed by atoms with Crippen LogP contribution < -0.4 is 0 Å². The number of aliphatic hydroxyl groups is 1. The van der Waals surface area contributed by atoms with Gasteiger partial charge >= 0.3 is 5.97 Å². The highest BCUT2D eigenvalue weighted by atomic mass is 16.5. The molecule has 3 fully saturated rings. The number of Topliss-reactive ketones (excluding diaryl/α,β-unsaturated/α-hetero) is 3. The van der Waals surface area contributed by atoms with Crippen molar-refractivity contribution in [3.63, 3.8) is 0 Å². The maximum atomic E-state index is 14.0. The average molecular weight is 512 g/mol. The van der Waals surface area contributed by atoms with E-state index in [0.717, 1.165) is 25.9 Å². The van der Waals surface area contributed by atoms with E-state index in [4.69, 9.17) is 9.47 Å². The number of ketones is 3. The molecule has 0 spiro atoms. The SMILES string of the molecule is COC[C@H]1CCC(=O)/C(=C/N2CCCC2)C2=C(O)C(=O)C3=C([C@H](OC(C)=O)C[C@]4(C)C(=O)CC[C@@H]34)[C@]21C. The highest BCUT2D eigenvalue weighted by molar-refractivity contribution is 6.14. The maximum Gasteiger partial charge on any atom is 0.303 e. The molecule has 37 heavy (non-hydrogen) atoms. The predicted molar refractivity (Wildman–Crippen MR) is 134 cm³/mol. The molecule has 0 bridgehead atoms. The molecule has 5 rings (SSSR count). The Kier molecular flexibility index (Phi) is 6.45. The third-order valence-electron chi connectivity index (χ3n) is 9.65. The highest BCUT2D eigenvalue weighted by Gasteiger charge is 2.62. The van der Waals surface area contributed by atoms with Gasteiger partial charge in [-0.3, -0.25) is 19.2 Å². The molecule has 0 aromatic heterocycles. The van der Waals surface area contributed by atoms with Gasteiger partial charge < -0.3 is 19.5 Å². The second-order valence-electron chi connectivity index (χ2n) is 11.7. The fraction of sp³-hybridized carbons (Fsp3) is 0.655. The van der Waals surface area contributed by atoms with Crippen LogP contribution in [0.25, 0.3) is 0 Å². The Hall–Kier alpha value is -2.74. The molecule has 0 aromatic carbocycles. The third-order valence-corrected chi connectivity index (χ3v) is 9.65. The lowest BCUT2D eigenvalue weighted by molar-refractivity contribution is -0.150. The molecule has 0 radical (unpaired) electrons. The van der Waals surface area contributed by atoms with E-state index in [1.54, 1.807) is 7.11 Å². The van der Waals surface area contributed by atoms with Crippen molar-refractivity contribution in [2.75, 3.05) is 26.8 Å². The minimum Gasteiger partial charge on any atom is -0.504 e. The third kappa shape index (κ3) is 3.82. The zero-order chi connectivity index (χ0) is 26.7. The number of rotatable bonds is 4. The van der Waals surface area contributed by atoms with Crippen LogP contribution in [0.15, 0.2) is 34.3 Å². The summed E-state index contributed by atoms with van der Waals surface area (Å²) < 4.78 is 11.5. The smallest absolute Gasteiger partial charge is 0.303 e. The number of allylic oxidation sites excluding steroid dienone is 3. The van der Waals surface area contributed by atoms with E-state index in [2.05, 4.69) is 4.90 Å². The summed E-state index contributed by atoms with van der Waals surface area (Å²) in [7, 11) is 1.60. The zero-order valence-corrected chi connectivity index (χ0v) is 22.2. The quantitative estimate of drug-likeness (QED) is 0.450. The first-order chi connectivity index (χ1) is 17.5. The van der Waals surface area contributed by atoms with Crippen molar-refractivity contribution in [3.8, 4) is 0 Å².